The van der Waals surface area contributed by atoms with Gasteiger partial charge in [0.05, 0.1) is 0 Å². The molecule has 2 heterocycles. The Morgan fingerprint density at radius 1 is 1.19 bits per heavy atom. The van der Waals surface area contributed by atoms with E-state index in [1.807, 2.05) is 6.92 Å². The normalized spacial score (nSPS) is 13.1. The Hall–Kier alpha value is -2.75. The molecule has 1 aromatic carbocycles. The van der Waals surface area contributed by atoms with Crippen molar-refractivity contribution in [1.82, 2.24) is 29.5 Å². The van der Waals surface area contributed by atoms with Gasteiger partial charge in [-0.2, -0.15) is 23.4 Å². The Balaban J connectivity index is 1.75. The summed E-state index contributed by atoms with van der Waals surface area (Å²) in [6.07, 6.45) is -3.65. The third-order valence-corrected chi connectivity index (χ3v) is 3.64. The predicted molar refractivity (Wildman–Crippen MR) is 84.8 cm³/mol. The molecule has 138 valence electrons. The summed E-state index contributed by atoms with van der Waals surface area (Å²) < 4.78 is 48.3. The first-order valence-corrected chi connectivity index (χ1v) is 7.95. The van der Waals surface area contributed by atoms with Crippen LogP contribution >= 0.6 is 0 Å². The van der Waals surface area contributed by atoms with Gasteiger partial charge in [-0.3, -0.25) is 0 Å². The van der Waals surface area contributed by atoms with Crippen molar-refractivity contribution >= 4 is 0 Å². The Morgan fingerprint density at radius 2 is 1.96 bits per heavy atom. The van der Waals surface area contributed by atoms with E-state index in [0.29, 0.717) is 18.2 Å². The summed E-state index contributed by atoms with van der Waals surface area (Å²) in [5.74, 6) is 0.756. The summed E-state index contributed by atoms with van der Waals surface area (Å²) in [7, 11) is 0. The van der Waals surface area contributed by atoms with Crippen LogP contribution in [-0.4, -0.2) is 35.7 Å². The van der Waals surface area contributed by atoms with Crippen LogP contribution in [-0.2, 0) is 24.4 Å². The van der Waals surface area contributed by atoms with E-state index in [1.54, 1.807) is 18.2 Å². The van der Waals surface area contributed by atoms with E-state index in [0.717, 1.165) is 0 Å². The van der Waals surface area contributed by atoms with Gasteiger partial charge >= 0.3 is 6.18 Å². The van der Waals surface area contributed by atoms with Crippen molar-refractivity contribution in [1.29, 1.82) is 0 Å². The van der Waals surface area contributed by atoms with Crippen molar-refractivity contribution in [2.24, 2.45) is 0 Å². The van der Waals surface area contributed by atoms with Crippen molar-refractivity contribution < 1.29 is 17.9 Å². The Bertz CT molecular complexity index is 816. The highest BCUT2D eigenvalue weighted by Gasteiger charge is 2.42. The second-order valence-electron chi connectivity index (χ2n) is 5.50. The molecule has 0 amide bonds. The minimum atomic E-state index is -4.53. The third-order valence-electron chi connectivity index (χ3n) is 3.64. The molecular formula is C16H17F3N6O. The monoisotopic (exact) mass is 366 g/mol. The second-order valence-corrected chi connectivity index (χ2v) is 5.50. The Kier molecular flexibility index (Phi) is 5.31. The van der Waals surface area contributed by atoms with Crippen LogP contribution in [0.2, 0.25) is 0 Å². The molecule has 0 aliphatic carbocycles. The molecule has 10 heteroatoms. The highest BCUT2D eigenvalue weighted by atomic mass is 19.4. The molecule has 0 saturated carbocycles. The lowest BCUT2D eigenvalue weighted by Crippen LogP contribution is -2.24. The molecule has 0 bridgehead atoms. The first kappa shape index (κ1) is 18.1. The maximum Gasteiger partial charge on any atom is 0.418 e. The van der Waals surface area contributed by atoms with Crippen molar-refractivity contribution in [3.05, 3.63) is 60.2 Å². The maximum atomic E-state index is 13.4. The van der Waals surface area contributed by atoms with Crippen LogP contribution in [0.4, 0.5) is 13.2 Å². The first-order chi connectivity index (χ1) is 12.5. The Labute approximate surface area is 147 Å². The van der Waals surface area contributed by atoms with E-state index < -0.39 is 12.3 Å². The van der Waals surface area contributed by atoms with Gasteiger partial charge in [0.15, 0.2) is 17.8 Å². The average molecular weight is 366 g/mol. The summed E-state index contributed by atoms with van der Waals surface area (Å²) in [6, 6.07) is 7.52. The van der Waals surface area contributed by atoms with Gasteiger partial charge in [-0.05, 0) is 12.5 Å². The van der Waals surface area contributed by atoms with Crippen molar-refractivity contribution in [2.45, 2.75) is 38.9 Å². The van der Waals surface area contributed by atoms with Gasteiger partial charge in [-0.1, -0.05) is 30.3 Å². The van der Waals surface area contributed by atoms with Crippen LogP contribution in [0.15, 0.2) is 43.0 Å². The van der Waals surface area contributed by atoms with Crippen LogP contribution in [0.25, 0.3) is 0 Å². The number of rotatable bonds is 7. The molecule has 0 N–H and O–H groups in total. The maximum absolute atomic E-state index is 13.4. The molecule has 0 fully saturated rings. The number of ether oxygens (including phenoxy) is 1. The van der Waals surface area contributed by atoms with E-state index >= 15 is 0 Å². The van der Waals surface area contributed by atoms with Crippen molar-refractivity contribution in [2.75, 3.05) is 0 Å². The molecule has 26 heavy (non-hydrogen) atoms. The number of benzene rings is 1. The van der Waals surface area contributed by atoms with Gasteiger partial charge in [-0.15, -0.1) is 0 Å². The number of hydrogen-bond donors (Lipinski definition) is 0. The average Bonchev–Trinajstić information content (AvgIpc) is 3.25. The smallest absolute Gasteiger partial charge is 0.356 e. The van der Waals surface area contributed by atoms with Gasteiger partial charge in [0, 0.05) is 6.54 Å². The zero-order valence-corrected chi connectivity index (χ0v) is 14.0. The van der Waals surface area contributed by atoms with Gasteiger partial charge in [0.25, 0.3) is 0 Å². The van der Waals surface area contributed by atoms with Crippen LogP contribution in [0.5, 0.6) is 0 Å². The molecule has 0 unspecified atom stereocenters. The van der Waals surface area contributed by atoms with Gasteiger partial charge in [0.2, 0.25) is 0 Å². The largest absolute Gasteiger partial charge is 0.418 e. The third kappa shape index (κ3) is 4.26. The lowest BCUT2D eigenvalue weighted by Gasteiger charge is -2.21. The fraction of sp³-hybridized carbons (Fsp3) is 0.375. The lowest BCUT2D eigenvalue weighted by molar-refractivity contribution is -0.228. The highest BCUT2D eigenvalue weighted by Crippen LogP contribution is 2.36. The van der Waals surface area contributed by atoms with E-state index in [4.69, 9.17) is 4.74 Å². The summed E-state index contributed by atoms with van der Waals surface area (Å²) in [5.41, 5.74) is 0.0467. The zero-order valence-electron chi connectivity index (χ0n) is 14.0. The Morgan fingerprint density at radius 3 is 2.58 bits per heavy atom. The summed E-state index contributed by atoms with van der Waals surface area (Å²) in [5, 5.41) is 8.23. The highest BCUT2D eigenvalue weighted by molar-refractivity contribution is 5.19. The van der Waals surface area contributed by atoms with Crippen LogP contribution < -0.4 is 0 Å². The van der Waals surface area contributed by atoms with E-state index in [2.05, 4.69) is 20.2 Å². The van der Waals surface area contributed by atoms with E-state index in [9.17, 15) is 13.2 Å². The molecular weight excluding hydrogens is 349 g/mol. The number of alkyl halides is 3. The molecule has 0 spiro atoms. The molecule has 3 aromatic rings. The zero-order chi connectivity index (χ0) is 18.6. The topological polar surface area (TPSA) is 70.7 Å². The predicted octanol–water partition coefficient (Wildman–Crippen LogP) is 2.76. The van der Waals surface area contributed by atoms with Crippen molar-refractivity contribution in [3.8, 4) is 0 Å². The molecule has 7 nitrogen and oxygen atoms in total. The number of hydrogen-bond acceptors (Lipinski definition) is 5. The van der Waals surface area contributed by atoms with Gasteiger partial charge < -0.3 is 4.74 Å². The van der Waals surface area contributed by atoms with Crippen LogP contribution in [0.1, 0.15) is 30.2 Å². The summed E-state index contributed by atoms with van der Waals surface area (Å²) in [4.78, 5) is 8.10. The molecule has 0 radical (unpaired) electrons. The van der Waals surface area contributed by atoms with Crippen LogP contribution in [0, 0.1) is 0 Å². The first-order valence-electron chi connectivity index (χ1n) is 7.95. The van der Waals surface area contributed by atoms with Crippen LogP contribution in [0.3, 0.4) is 0 Å². The number of halogens is 3. The standard InChI is InChI=1S/C16H17F3N6O/c1-2-25-14(22-13(23-25)8-24-11-20-10-21-24)9-26-15(16(17,18)19)12-6-4-3-5-7-12/h3-7,10-11,15H,2,8-9H2,1H3/t15-/m0/s1. The molecule has 0 aliphatic rings. The van der Waals surface area contributed by atoms with E-state index in [1.165, 1.54) is 34.2 Å². The minimum absolute atomic E-state index is 0.0467. The fourth-order valence-electron chi connectivity index (χ4n) is 2.48. The molecule has 1 atom stereocenters. The second kappa shape index (κ2) is 7.65. The lowest BCUT2D eigenvalue weighted by atomic mass is 10.1. The summed E-state index contributed by atoms with van der Waals surface area (Å²) in [6.45, 7) is 2.26. The molecule has 2 aromatic heterocycles. The fourth-order valence-corrected chi connectivity index (χ4v) is 2.48. The number of nitrogens with zero attached hydrogens (tertiary/aromatic N) is 6. The SMILES string of the molecule is CCn1nc(Cn2cncn2)nc1CO[C@@H](c1ccccc1)C(F)(F)F. The number of aromatic nitrogens is 6. The molecule has 0 aliphatic heterocycles. The van der Waals surface area contributed by atoms with Gasteiger partial charge in [-0.25, -0.2) is 19.3 Å². The van der Waals surface area contributed by atoms with E-state index in [-0.39, 0.29) is 18.7 Å². The van der Waals surface area contributed by atoms with Gasteiger partial charge in [0.1, 0.15) is 25.8 Å². The van der Waals surface area contributed by atoms with Crippen molar-refractivity contribution in [3.63, 3.8) is 0 Å². The minimum Gasteiger partial charge on any atom is -0.356 e. The quantitative estimate of drug-likeness (QED) is 0.643. The molecule has 0 saturated heterocycles. The summed E-state index contributed by atoms with van der Waals surface area (Å²) >= 11 is 0. The molecule has 3 rings (SSSR count). The number of aryl methyl sites for hydroxylation is 1.